The molecule has 7 nitrogen and oxygen atoms in total. The lowest BCUT2D eigenvalue weighted by molar-refractivity contribution is -0.218. The summed E-state index contributed by atoms with van der Waals surface area (Å²) in [5.41, 5.74) is -3.31. The van der Waals surface area contributed by atoms with Gasteiger partial charge in [0.1, 0.15) is 0 Å². The third-order valence-corrected chi connectivity index (χ3v) is 5.45. The topological polar surface area (TPSA) is 88.1 Å². The number of hydrogen-bond donors (Lipinski definition) is 3. The summed E-state index contributed by atoms with van der Waals surface area (Å²) in [7, 11) is 0. The van der Waals surface area contributed by atoms with Crippen LogP contribution in [-0.4, -0.2) is 40.6 Å². The average Bonchev–Trinajstić information content (AvgIpc) is 3.25. The third kappa shape index (κ3) is 2.90. The number of aromatic nitrogens is 2. The second-order valence-electron chi connectivity index (χ2n) is 6.37. The summed E-state index contributed by atoms with van der Waals surface area (Å²) < 4.78 is 43.2. The largest absolute Gasteiger partial charge is 0.440 e. The Balaban J connectivity index is 0.00000225. The fourth-order valence-corrected chi connectivity index (χ4v) is 3.70. The molecular formula is C15H13Cl3F3N5O2. The number of nitrogens with zero attached hydrogens (tertiary/aromatic N) is 2. The van der Waals surface area contributed by atoms with E-state index < -0.39 is 29.6 Å². The standard InChI is InChI=1S/C15H12Cl2F3N5O2.ClH/c16-7-3-9-10(4-8(7)17)25-13(22-9)23-12(27)14(25,15(18,19)20)24-11(26)6-1-2-21-5-6;/h3-4,6,21H,1-2,5H2,(H,24,26)(H,22,23,27);1H/t6-,14?;/m1./s1. The predicted molar refractivity (Wildman–Crippen MR) is 98.8 cm³/mol. The molecule has 0 bridgehead atoms. The molecule has 4 rings (SSSR count). The van der Waals surface area contributed by atoms with Gasteiger partial charge in [-0.15, -0.1) is 12.4 Å². The number of amides is 2. The van der Waals surface area contributed by atoms with Crippen molar-refractivity contribution in [2.75, 3.05) is 18.4 Å². The van der Waals surface area contributed by atoms with E-state index in [4.69, 9.17) is 23.2 Å². The van der Waals surface area contributed by atoms with Gasteiger partial charge in [-0.2, -0.15) is 13.2 Å². The van der Waals surface area contributed by atoms with Crippen LogP contribution in [-0.2, 0) is 15.3 Å². The molecule has 2 atom stereocenters. The third-order valence-electron chi connectivity index (χ3n) is 4.73. The van der Waals surface area contributed by atoms with Gasteiger partial charge in [0.15, 0.2) is 0 Å². The number of hydrogen-bond acceptors (Lipinski definition) is 4. The maximum Gasteiger partial charge on any atom is 0.440 e. The fraction of sp³-hybridized carbons (Fsp3) is 0.400. The van der Waals surface area contributed by atoms with E-state index in [0.717, 1.165) is 0 Å². The number of alkyl halides is 3. The number of carbonyl (C=O) groups excluding carboxylic acids is 2. The van der Waals surface area contributed by atoms with Crippen molar-refractivity contribution >= 4 is 64.4 Å². The minimum Gasteiger partial charge on any atom is -0.317 e. The molecule has 1 saturated heterocycles. The lowest BCUT2D eigenvalue weighted by atomic mass is 10.0. The molecule has 28 heavy (non-hydrogen) atoms. The van der Waals surface area contributed by atoms with Crippen molar-refractivity contribution in [3.8, 4) is 0 Å². The molecule has 0 aliphatic carbocycles. The molecule has 0 radical (unpaired) electrons. The summed E-state index contributed by atoms with van der Waals surface area (Å²) in [6.07, 6.45) is -4.76. The smallest absolute Gasteiger partial charge is 0.317 e. The zero-order valence-corrected chi connectivity index (χ0v) is 16.2. The first-order valence-corrected chi connectivity index (χ1v) is 8.69. The van der Waals surface area contributed by atoms with Crippen molar-refractivity contribution in [1.29, 1.82) is 0 Å². The molecule has 3 heterocycles. The quantitative estimate of drug-likeness (QED) is 0.646. The van der Waals surface area contributed by atoms with Gasteiger partial charge in [0, 0.05) is 6.54 Å². The molecule has 1 fully saturated rings. The van der Waals surface area contributed by atoms with E-state index in [1.807, 2.05) is 5.32 Å². The molecule has 1 aromatic heterocycles. The van der Waals surface area contributed by atoms with Crippen molar-refractivity contribution in [1.82, 2.24) is 20.2 Å². The van der Waals surface area contributed by atoms with Gasteiger partial charge in [-0.25, -0.2) is 4.98 Å². The fourth-order valence-electron chi connectivity index (χ4n) is 3.39. The van der Waals surface area contributed by atoms with E-state index in [9.17, 15) is 22.8 Å². The van der Waals surface area contributed by atoms with Crippen molar-refractivity contribution in [2.45, 2.75) is 18.3 Å². The summed E-state index contributed by atoms with van der Waals surface area (Å²) in [6, 6.07) is 2.47. The van der Waals surface area contributed by atoms with Gasteiger partial charge in [0.25, 0.3) is 11.6 Å². The van der Waals surface area contributed by atoms with Crippen LogP contribution < -0.4 is 16.0 Å². The van der Waals surface area contributed by atoms with E-state index in [2.05, 4.69) is 15.6 Å². The zero-order valence-electron chi connectivity index (χ0n) is 13.9. The Morgan fingerprint density at radius 3 is 2.61 bits per heavy atom. The highest BCUT2D eigenvalue weighted by atomic mass is 35.5. The molecule has 0 spiro atoms. The molecule has 1 aromatic carbocycles. The maximum atomic E-state index is 14.2. The van der Waals surface area contributed by atoms with Gasteiger partial charge >= 0.3 is 6.18 Å². The summed E-state index contributed by atoms with van der Waals surface area (Å²) in [5, 5.41) is 7.02. The first-order valence-electron chi connectivity index (χ1n) is 7.94. The molecular weight excluding hydrogens is 446 g/mol. The van der Waals surface area contributed by atoms with Crippen molar-refractivity contribution in [3.63, 3.8) is 0 Å². The van der Waals surface area contributed by atoms with Crippen LogP contribution in [0.1, 0.15) is 6.42 Å². The van der Waals surface area contributed by atoms with E-state index in [-0.39, 0.29) is 46.0 Å². The second kappa shape index (κ2) is 6.94. The molecule has 2 aliphatic heterocycles. The number of halogens is 6. The van der Waals surface area contributed by atoms with Crippen molar-refractivity contribution < 1.29 is 22.8 Å². The van der Waals surface area contributed by atoms with Crippen LogP contribution in [0.25, 0.3) is 11.0 Å². The minimum absolute atomic E-state index is 0. The van der Waals surface area contributed by atoms with Gasteiger partial charge < -0.3 is 10.6 Å². The Morgan fingerprint density at radius 2 is 2.00 bits per heavy atom. The first-order chi connectivity index (χ1) is 12.6. The molecule has 152 valence electrons. The van der Waals surface area contributed by atoms with Gasteiger partial charge in [-0.3, -0.25) is 19.5 Å². The molecule has 2 aliphatic rings. The Labute approximate surface area is 172 Å². The Hall–Kier alpha value is -1.75. The number of benzene rings is 1. The number of rotatable bonds is 2. The highest BCUT2D eigenvalue weighted by Crippen LogP contribution is 2.45. The number of imidazole rings is 1. The highest BCUT2D eigenvalue weighted by Gasteiger charge is 2.68. The average molecular weight is 459 g/mol. The Bertz CT molecular complexity index is 974. The summed E-state index contributed by atoms with van der Waals surface area (Å²) in [4.78, 5) is 28.9. The lowest BCUT2D eigenvalue weighted by Crippen LogP contribution is -2.64. The Kier molecular flexibility index (Phi) is 5.20. The molecule has 13 heteroatoms. The monoisotopic (exact) mass is 457 g/mol. The Morgan fingerprint density at radius 1 is 1.32 bits per heavy atom. The molecule has 0 saturated carbocycles. The highest BCUT2D eigenvalue weighted by molar-refractivity contribution is 6.42. The SMILES string of the molecule is Cl.O=C(NC1(C(F)(F)F)C(=O)Nc2nc3cc(Cl)c(Cl)cc3n21)[C@@H]1CCNC1. The molecule has 2 amide bonds. The lowest BCUT2D eigenvalue weighted by Gasteiger charge is -2.32. The van der Waals surface area contributed by atoms with Crippen molar-refractivity contribution in [3.05, 3.63) is 22.2 Å². The van der Waals surface area contributed by atoms with Gasteiger partial charge in [-0.1, -0.05) is 23.2 Å². The maximum absolute atomic E-state index is 14.2. The zero-order chi connectivity index (χ0) is 19.6. The number of nitrogens with one attached hydrogen (secondary N) is 3. The van der Waals surface area contributed by atoms with Gasteiger partial charge in [0.2, 0.25) is 11.9 Å². The van der Waals surface area contributed by atoms with E-state index in [1.54, 1.807) is 0 Å². The predicted octanol–water partition coefficient (Wildman–Crippen LogP) is 2.66. The number of fused-ring (bicyclic) bond motifs is 3. The van der Waals surface area contributed by atoms with Crippen LogP contribution in [0.5, 0.6) is 0 Å². The normalized spacial score (nSPS) is 24.0. The minimum atomic E-state index is -5.14. The first kappa shape index (κ1) is 21.0. The van der Waals surface area contributed by atoms with Crippen LogP contribution in [0, 0.1) is 5.92 Å². The number of carbonyl (C=O) groups is 2. The van der Waals surface area contributed by atoms with E-state index >= 15 is 0 Å². The van der Waals surface area contributed by atoms with Gasteiger partial charge in [0.05, 0.1) is 27.0 Å². The van der Waals surface area contributed by atoms with E-state index in [1.165, 1.54) is 12.1 Å². The summed E-state index contributed by atoms with van der Waals surface area (Å²) >= 11 is 11.8. The van der Waals surface area contributed by atoms with Crippen molar-refractivity contribution in [2.24, 2.45) is 5.92 Å². The van der Waals surface area contributed by atoms with E-state index in [0.29, 0.717) is 17.5 Å². The van der Waals surface area contributed by atoms with Crippen LogP contribution in [0.4, 0.5) is 19.1 Å². The van der Waals surface area contributed by atoms with Crippen LogP contribution in [0.3, 0.4) is 0 Å². The summed E-state index contributed by atoms with van der Waals surface area (Å²) in [5.74, 6) is -3.34. The van der Waals surface area contributed by atoms with Crippen LogP contribution in [0.15, 0.2) is 12.1 Å². The molecule has 3 N–H and O–H groups in total. The molecule has 1 unspecified atom stereocenters. The summed E-state index contributed by atoms with van der Waals surface area (Å²) in [6.45, 7) is 0.747. The van der Waals surface area contributed by atoms with Crippen LogP contribution in [0.2, 0.25) is 10.0 Å². The van der Waals surface area contributed by atoms with Gasteiger partial charge in [-0.05, 0) is 25.1 Å². The second-order valence-corrected chi connectivity index (χ2v) is 7.18. The van der Waals surface area contributed by atoms with Crippen LogP contribution >= 0.6 is 35.6 Å². The molecule has 2 aromatic rings. The number of anilines is 1.